The minimum atomic E-state index is -1.57. The fourth-order valence-electron chi connectivity index (χ4n) is 3.52. The molecule has 1 fully saturated rings. The van der Waals surface area contributed by atoms with Gasteiger partial charge in [-0.1, -0.05) is 71.4 Å². The average molecular weight is 311 g/mol. The van der Waals surface area contributed by atoms with Crippen LogP contribution in [0.1, 0.15) is 65.7 Å². The SMILES string of the molecule is CCCC[Si](CCCC)(CCCC)O[C@@H]1C=C[C@@]2(CO2)C1. The van der Waals surface area contributed by atoms with E-state index in [1.54, 1.807) is 0 Å². The van der Waals surface area contributed by atoms with E-state index >= 15 is 0 Å². The predicted octanol–water partition coefficient (Wildman–Crippen LogP) is 5.45. The maximum Gasteiger partial charge on any atom is 0.193 e. The monoisotopic (exact) mass is 310 g/mol. The van der Waals surface area contributed by atoms with Crippen LogP contribution >= 0.6 is 0 Å². The third-order valence-electron chi connectivity index (χ3n) is 5.04. The fourth-order valence-corrected chi connectivity index (χ4v) is 8.42. The van der Waals surface area contributed by atoms with Gasteiger partial charge in [0.05, 0.1) is 12.7 Å². The van der Waals surface area contributed by atoms with Crippen molar-refractivity contribution in [2.45, 2.75) is 95.6 Å². The molecule has 2 aliphatic rings. The number of unbranched alkanes of at least 4 members (excludes halogenated alkanes) is 3. The molecule has 21 heavy (non-hydrogen) atoms. The second-order valence-electron chi connectivity index (χ2n) is 7.07. The van der Waals surface area contributed by atoms with Crippen molar-refractivity contribution in [2.24, 2.45) is 0 Å². The molecule has 1 spiro atoms. The zero-order chi connectivity index (χ0) is 15.2. The Bertz CT molecular complexity index is 314. The molecule has 0 unspecified atom stereocenters. The molecule has 1 aliphatic heterocycles. The number of rotatable bonds is 11. The number of hydrogen-bond acceptors (Lipinski definition) is 2. The standard InChI is InChI=1S/C18H34O2Si/c1-4-7-12-21(13-8-5-2,14-9-6-3)20-17-10-11-18(15-17)16-19-18/h10-11,17H,4-9,12-16H2,1-3H3/t17-,18+/m1/s1. The molecular formula is C18H34O2Si. The maximum atomic E-state index is 6.85. The van der Waals surface area contributed by atoms with Crippen LogP contribution in [0.5, 0.6) is 0 Å². The molecule has 2 nitrogen and oxygen atoms in total. The summed E-state index contributed by atoms with van der Waals surface area (Å²) in [7, 11) is -1.57. The molecule has 1 heterocycles. The van der Waals surface area contributed by atoms with Gasteiger partial charge in [0.2, 0.25) is 0 Å². The molecule has 2 atom stereocenters. The Morgan fingerprint density at radius 2 is 1.57 bits per heavy atom. The second-order valence-corrected chi connectivity index (χ2v) is 11.2. The molecular weight excluding hydrogens is 276 g/mol. The van der Waals surface area contributed by atoms with Gasteiger partial charge in [0.15, 0.2) is 8.32 Å². The van der Waals surface area contributed by atoms with Crippen molar-refractivity contribution in [1.29, 1.82) is 0 Å². The second kappa shape index (κ2) is 7.93. The Balaban J connectivity index is 1.97. The van der Waals surface area contributed by atoms with Crippen LogP contribution in [0.2, 0.25) is 18.1 Å². The zero-order valence-corrected chi connectivity index (χ0v) is 15.3. The minimum Gasteiger partial charge on any atom is -0.410 e. The normalized spacial score (nSPS) is 27.7. The molecule has 0 bridgehead atoms. The van der Waals surface area contributed by atoms with Crippen LogP contribution in [-0.4, -0.2) is 26.6 Å². The highest BCUT2D eigenvalue weighted by Crippen LogP contribution is 2.42. The zero-order valence-electron chi connectivity index (χ0n) is 14.3. The molecule has 0 amide bonds. The van der Waals surface area contributed by atoms with Gasteiger partial charge in [-0.3, -0.25) is 0 Å². The molecule has 0 saturated carbocycles. The van der Waals surface area contributed by atoms with Gasteiger partial charge in [0, 0.05) is 6.42 Å². The largest absolute Gasteiger partial charge is 0.410 e. The smallest absolute Gasteiger partial charge is 0.193 e. The number of hydrogen-bond donors (Lipinski definition) is 0. The van der Waals surface area contributed by atoms with E-state index in [4.69, 9.17) is 9.16 Å². The van der Waals surface area contributed by atoms with E-state index in [0.717, 1.165) is 13.0 Å². The molecule has 0 N–H and O–H groups in total. The van der Waals surface area contributed by atoms with Crippen LogP contribution in [0.3, 0.4) is 0 Å². The van der Waals surface area contributed by atoms with E-state index < -0.39 is 8.32 Å². The van der Waals surface area contributed by atoms with E-state index in [1.165, 1.54) is 56.7 Å². The van der Waals surface area contributed by atoms with E-state index in [1.807, 2.05) is 0 Å². The number of ether oxygens (including phenoxy) is 1. The van der Waals surface area contributed by atoms with Crippen molar-refractivity contribution in [1.82, 2.24) is 0 Å². The summed E-state index contributed by atoms with van der Waals surface area (Å²) in [5, 5.41) is 0. The summed E-state index contributed by atoms with van der Waals surface area (Å²) in [5.74, 6) is 0. The van der Waals surface area contributed by atoms with Gasteiger partial charge in [0.1, 0.15) is 5.60 Å². The first kappa shape index (κ1) is 17.2. The predicted molar refractivity (Wildman–Crippen MR) is 92.2 cm³/mol. The van der Waals surface area contributed by atoms with Crippen LogP contribution < -0.4 is 0 Å². The first-order chi connectivity index (χ1) is 10.2. The summed E-state index contributed by atoms with van der Waals surface area (Å²) < 4.78 is 12.4. The van der Waals surface area contributed by atoms with Crippen LogP contribution in [-0.2, 0) is 9.16 Å². The van der Waals surface area contributed by atoms with Crippen LogP contribution in [0, 0.1) is 0 Å². The highest BCUT2D eigenvalue weighted by molar-refractivity contribution is 6.73. The lowest BCUT2D eigenvalue weighted by Crippen LogP contribution is -2.41. The Morgan fingerprint density at radius 3 is 1.95 bits per heavy atom. The lowest BCUT2D eigenvalue weighted by atomic mass is 10.1. The van der Waals surface area contributed by atoms with Crippen LogP contribution in [0.4, 0.5) is 0 Å². The van der Waals surface area contributed by atoms with Crippen molar-refractivity contribution < 1.29 is 9.16 Å². The molecule has 1 aliphatic carbocycles. The average Bonchev–Trinajstić information content (AvgIpc) is 3.14. The summed E-state index contributed by atoms with van der Waals surface area (Å²) in [6.45, 7) is 7.83. The van der Waals surface area contributed by atoms with E-state index in [9.17, 15) is 0 Å². The quantitative estimate of drug-likeness (QED) is 0.288. The maximum absolute atomic E-state index is 6.85. The summed E-state index contributed by atoms with van der Waals surface area (Å²) in [6, 6.07) is 4.09. The molecule has 0 aromatic heterocycles. The third-order valence-corrected chi connectivity index (χ3v) is 9.63. The van der Waals surface area contributed by atoms with Gasteiger partial charge in [0.25, 0.3) is 0 Å². The van der Waals surface area contributed by atoms with Gasteiger partial charge < -0.3 is 9.16 Å². The van der Waals surface area contributed by atoms with Gasteiger partial charge in [-0.25, -0.2) is 0 Å². The third kappa shape index (κ3) is 4.94. The highest BCUT2D eigenvalue weighted by Gasteiger charge is 2.49. The summed E-state index contributed by atoms with van der Waals surface area (Å²) in [5.41, 5.74) is 0.0884. The Kier molecular flexibility index (Phi) is 6.51. The molecule has 3 heteroatoms. The van der Waals surface area contributed by atoms with Gasteiger partial charge >= 0.3 is 0 Å². The first-order valence-corrected chi connectivity index (χ1v) is 11.7. The highest BCUT2D eigenvalue weighted by atomic mass is 28.4. The summed E-state index contributed by atoms with van der Waals surface area (Å²) >= 11 is 0. The molecule has 1 saturated heterocycles. The van der Waals surface area contributed by atoms with Gasteiger partial charge in [-0.15, -0.1) is 0 Å². The molecule has 0 aromatic carbocycles. The molecule has 0 radical (unpaired) electrons. The summed E-state index contributed by atoms with van der Waals surface area (Å²) in [4.78, 5) is 0. The lowest BCUT2D eigenvalue weighted by Gasteiger charge is -2.34. The first-order valence-electron chi connectivity index (χ1n) is 9.19. The molecule has 0 aromatic rings. The van der Waals surface area contributed by atoms with E-state index in [2.05, 4.69) is 32.9 Å². The van der Waals surface area contributed by atoms with Crippen molar-refractivity contribution in [3.8, 4) is 0 Å². The Labute approximate surface area is 132 Å². The van der Waals surface area contributed by atoms with Gasteiger partial charge in [-0.05, 0) is 18.1 Å². The minimum absolute atomic E-state index is 0.0884. The fraction of sp³-hybridized carbons (Fsp3) is 0.889. The van der Waals surface area contributed by atoms with Crippen molar-refractivity contribution in [2.75, 3.05) is 6.61 Å². The topological polar surface area (TPSA) is 21.8 Å². The molecule has 122 valence electrons. The van der Waals surface area contributed by atoms with Crippen LogP contribution in [0.15, 0.2) is 12.2 Å². The van der Waals surface area contributed by atoms with E-state index in [0.29, 0.717) is 6.10 Å². The van der Waals surface area contributed by atoms with Crippen molar-refractivity contribution in [3.63, 3.8) is 0 Å². The number of epoxide rings is 1. The Morgan fingerprint density at radius 1 is 1.05 bits per heavy atom. The lowest BCUT2D eigenvalue weighted by molar-refractivity contribution is 0.200. The van der Waals surface area contributed by atoms with Gasteiger partial charge in [-0.2, -0.15) is 0 Å². The van der Waals surface area contributed by atoms with Crippen LogP contribution in [0.25, 0.3) is 0 Å². The molecule has 2 rings (SSSR count). The Hall–Kier alpha value is -0.123. The summed E-state index contributed by atoms with van der Waals surface area (Å²) in [6.07, 6.45) is 13.9. The van der Waals surface area contributed by atoms with Crippen molar-refractivity contribution >= 4 is 8.32 Å². The van der Waals surface area contributed by atoms with E-state index in [-0.39, 0.29) is 5.60 Å². The van der Waals surface area contributed by atoms with Crippen molar-refractivity contribution in [3.05, 3.63) is 12.2 Å².